The number of Topliss-reactive ketones (excluding diaryl/α,β-unsaturated/α-hetero) is 1. The molecule has 2 heterocycles. The van der Waals surface area contributed by atoms with Crippen LogP contribution >= 0.6 is 23.4 Å². The molecule has 0 saturated carbocycles. The summed E-state index contributed by atoms with van der Waals surface area (Å²) in [5, 5.41) is 20.3. The van der Waals surface area contributed by atoms with Gasteiger partial charge in [-0.15, -0.1) is 11.8 Å². The van der Waals surface area contributed by atoms with Gasteiger partial charge in [0.05, 0.1) is 22.8 Å². The van der Waals surface area contributed by atoms with Crippen LogP contribution in [0.15, 0.2) is 46.1 Å². The molecule has 3 aromatic rings. The Hall–Kier alpha value is -2.53. The van der Waals surface area contributed by atoms with E-state index in [1.54, 1.807) is 0 Å². The summed E-state index contributed by atoms with van der Waals surface area (Å²) in [4.78, 5) is 30.5. The Morgan fingerprint density at radius 3 is 2.73 bits per heavy atom. The summed E-state index contributed by atoms with van der Waals surface area (Å²) in [7, 11) is 0. The molecule has 1 fully saturated rings. The number of ketones is 1. The second-order valence-electron chi connectivity index (χ2n) is 9.02. The predicted octanol–water partition coefficient (Wildman–Crippen LogP) is 5.47. The summed E-state index contributed by atoms with van der Waals surface area (Å²) in [6, 6.07) is 7.19. The molecule has 1 saturated heterocycles. The molecule has 37 heavy (non-hydrogen) atoms. The number of hydrogen-bond donors (Lipinski definition) is 3. The molecule has 1 unspecified atom stereocenters. The maximum absolute atomic E-state index is 13.5. The molecule has 0 bridgehead atoms. The van der Waals surface area contributed by atoms with Gasteiger partial charge in [0.1, 0.15) is 11.5 Å². The van der Waals surface area contributed by atoms with E-state index in [4.69, 9.17) is 11.6 Å². The first-order valence-electron chi connectivity index (χ1n) is 11.8. The molecule has 6 nitrogen and oxygen atoms in total. The number of aromatic amines is 1. The van der Waals surface area contributed by atoms with Crippen molar-refractivity contribution in [3.63, 3.8) is 0 Å². The van der Waals surface area contributed by atoms with Crippen LogP contribution in [0, 0.1) is 0 Å². The average Bonchev–Trinajstić information content (AvgIpc) is 3.30. The van der Waals surface area contributed by atoms with Crippen molar-refractivity contribution in [3.05, 3.63) is 57.3 Å². The van der Waals surface area contributed by atoms with Crippen LogP contribution in [0.2, 0.25) is 5.02 Å². The zero-order valence-corrected chi connectivity index (χ0v) is 21.3. The Bertz CT molecular complexity index is 1360. The summed E-state index contributed by atoms with van der Waals surface area (Å²) in [5.41, 5.74) is -1.15. The number of carbonyl (C=O) groups is 1. The van der Waals surface area contributed by atoms with E-state index in [2.05, 4.69) is 9.88 Å². The standard InChI is InChI=1S/C26H26ClF3N2O4S/c27-16-6-8-22(35)20(12-16)23-19-11-15(26(28,29)30)5-7-21(19)31-25(36)24(23)37-14-18(34)4-2-10-32-9-1-3-17(32)13-33/h5-8,11-12,17,33,35H,1-4,9-10,13-14H2,(H,31,36). The van der Waals surface area contributed by atoms with Crippen LogP contribution in [0.25, 0.3) is 22.0 Å². The zero-order valence-electron chi connectivity index (χ0n) is 19.8. The average molecular weight is 555 g/mol. The summed E-state index contributed by atoms with van der Waals surface area (Å²) >= 11 is 7.04. The third kappa shape index (κ3) is 6.31. The molecule has 1 aliphatic rings. The van der Waals surface area contributed by atoms with Crippen molar-refractivity contribution >= 4 is 40.0 Å². The number of aliphatic hydroxyl groups is 1. The van der Waals surface area contributed by atoms with E-state index < -0.39 is 17.3 Å². The molecular weight excluding hydrogens is 529 g/mol. The van der Waals surface area contributed by atoms with Crippen LogP contribution < -0.4 is 5.56 Å². The van der Waals surface area contributed by atoms with Gasteiger partial charge >= 0.3 is 6.18 Å². The Morgan fingerprint density at radius 1 is 1.22 bits per heavy atom. The van der Waals surface area contributed by atoms with Gasteiger partial charge in [-0.2, -0.15) is 13.2 Å². The van der Waals surface area contributed by atoms with Gasteiger partial charge in [-0.25, -0.2) is 0 Å². The van der Waals surface area contributed by atoms with E-state index in [1.807, 2.05) is 0 Å². The Morgan fingerprint density at radius 2 is 2.00 bits per heavy atom. The summed E-state index contributed by atoms with van der Waals surface area (Å²) in [6.45, 7) is 1.65. The molecule has 11 heteroatoms. The smallest absolute Gasteiger partial charge is 0.416 e. The largest absolute Gasteiger partial charge is 0.507 e. The quantitative estimate of drug-likeness (QED) is 0.304. The number of thioether (sulfide) groups is 1. The van der Waals surface area contributed by atoms with E-state index in [0.29, 0.717) is 13.0 Å². The van der Waals surface area contributed by atoms with Crippen LogP contribution in [0.1, 0.15) is 31.2 Å². The van der Waals surface area contributed by atoms with Crippen molar-refractivity contribution in [1.82, 2.24) is 9.88 Å². The zero-order chi connectivity index (χ0) is 26.7. The predicted molar refractivity (Wildman–Crippen MR) is 138 cm³/mol. The van der Waals surface area contributed by atoms with Gasteiger partial charge in [0.15, 0.2) is 0 Å². The molecule has 198 valence electrons. The number of alkyl halides is 3. The van der Waals surface area contributed by atoms with Gasteiger partial charge in [-0.05, 0) is 68.8 Å². The highest BCUT2D eigenvalue weighted by Crippen LogP contribution is 2.42. The fourth-order valence-corrected chi connectivity index (χ4v) is 5.83. The van der Waals surface area contributed by atoms with Gasteiger partial charge in [-0.3, -0.25) is 14.5 Å². The van der Waals surface area contributed by atoms with Crippen molar-refractivity contribution in [1.29, 1.82) is 0 Å². The van der Waals surface area contributed by atoms with Crippen LogP contribution in [0.5, 0.6) is 5.75 Å². The highest BCUT2D eigenvalue weighted by Gasteiger charge is 2.31. The fourth-order valence-electron chi connectivity index (χ4n) is 4.67. The number of nitrogens with zero attached hydrogens (tertiary/aromatic N) is 1. The summed E-state index contributed by atoms with van der Waals surface area (Å²) < 4.78 is 40.5. The Balaban J connectivity index is 1.64. The van der Waals surface area contributed by atoms with E-state index in [1.165, 1.54) is 24.3 Å². The number of phenolic OH excluding ortho intramolecular Hbond substituents is 1. The normalized spacial score (nSPS) is 16.5. The molecule has 3 N–H and O–H groups in total. The molecule has 0 amide bonds. The first kappa shape index (κ1) is 27.5. The lowest BCUT2D eigenvalue weighted by Gasteiger charge is -2.22. The van der Waals surface area contributed by atoms with Crippen molar-refractivity contribution in [2.24, 2.45) is 0 Å². The third-order valence-corrected chi connectivity index (χ3v) is 7.89. The number of aromatic hydroxyl groups is 1. The lowest BCUT2D eigenvalue weighted by molar-refractivity contribution is -0.137. The van der Waals surface area contributed by atoms with Crippen molar-refractivity contribution < 1.29 is 28.2 Å². The lowest BCUT2D eigenvalue weighted by atomic mass is 9.98. The van der Waals surface area contributed by atoms with Crippen molar-refractivity contribution in [2.45, 2.75) is 42.8 Å². The molecule has 0 spiro atoms. The topological polar surface area (TPSA) is 93.6 Å². The van der Waals surface area contributed by atoms with Crippen LogP contribution in [0.3, 0.4) is 0 Å². The SMILES string of the molecule is O=C(CCCN1CCCC1CO)CSc1c(-c2cc(Cl)ccc2O)c2cc(C(F)(F)F)ccc2[nH]c1=O. The van der Waals surface area contributed by atoms with Crippen LogP contribution in [-0.2, 0) is 11.0 Å². The number of likely N-dealkylation sites (tertiary alicyclic amines) is 1. The van der Waals surface area contributed by atoms with E-state index in [0.717, 1.165) is 43.3 Å². The highest BCUT2D eigenvalue weighted by atomic mass is 35.5. The minimum Gasteiger partial charge on any atom is -0.507 e. The van der Waals surface area contributed by atoms with E-state index >= 15 is 0 Å². The number of carbonyl (C=O) groups excluding carboxylic acids is 1. The molecule has 0 aliphatic carbocycles. The molecule has 4 rings (SSSR count). The van der Waals surface area contributed by atoms with Gasteiger partial charge in [0.2, 0.25) is 0 Å². The number of rotatable bonds is 9. The number of hydrogen-bond acceptors (Lipinski definition) is 6. The van der Waals surface area contributed by atoms with Gasteiger partial charge in [0, 0.05) is 39.5 Å². The molecular formula is C26H26ClF3N2O4S. The highest BCUT2D eigenvalue weighted by molar-refractivity contribution is 8.00. The van der Waals surface area contributed by atoms with Gasteiger partial charge < -0.3 is 15.2 Å². The second kappa shape index (κ2) is 11.5. The maximum Gasteiger partial charge on any atom is 0.416 e. The third-order valence-electron chi connectivity index (χ3n) is 6.51. The lowest BCUT2D eigenvalue weighted by Crippen LogP contribution is -2.33. The first-order chi connectivity index (χ1) is 17.6. The van der Waals surface area contributed by atoms with Crippen molar-refractivity contribution in [3.8, 4) is 16.9 Å². The minimum absolute atomic E-state index is 0.0256. The first-order valence-corrected chi connectivity index (χ1v) is 13.2. The molecule has 1 aromatic heterocycles. The van der Waals surface area contributed by atoms with E-state index in [9.17, 15) is 33.0 Å². The van der Waals surface area contributed by atoms with E-state index in [-0.39, 0.29) is 68.3 Å². The number of pyridine rings is 1. The molecule has 0 radical (unpaired) electrons. The number of aliphatic hydroxyl groups excluding tert-OH is 1. The molecule has 2 aromatic carbocycles. The fraction of sp³-hybridized carbons (Fsp3) is 0.385. The Kier molecular flexibility index (Phi) is 8.52. The number of fused-ring (bicyclic) bond motifs is 1. The summed E-state index contributed by atoms with van der Waals surface area (Å²) in [5.74, 6) is -0.439. The maximum atomic E-state index is 13.5. The number of aromatic nitrogens is 1. The minimum atomic E-state index is -4.62. The van der Waals surface area contributed by atoms with Gasteiger partial charge in [0.25, 0.3) is 5.56 Å². The monoisotopic (exact) mass is 554 g/mol. The number of nitrogens with one attached hydrogen (secondary N) is 1. The number of phenols is 1. The van der Waals surface area contributed by atoms with Crippen molar-refractivity contribution in [2.75, 3.05) is 25.4 Å². The number of benzene rings is 2. The van der Waals surface area contributed by atoms with Crippen LogP contribution in [-0.4, -0.2) is 57.4 Å². The number of H-pyrrole nitrogens is 1. The van der Waals surface area contributed by atoms with Gasteiger partial charge in [-0.1, -0.05) is 11.6 Å². The molecule has 1 aliphatic heterocycles. The second-order valence-corrected chi connectivity index (χ2v) is 10.4. The molecule has 1 atom stereocenters. The summed E-state index contributed by atoms with van der Waals surface area (Å²) in [6.07, 6.45) is -1.81. The Labute approximate surface area is 220 Å². The number of halogens is 4. The van der Waals surface area contributed by atoms with Crippen LogP contribution in [0.4, 0.5) is 13.2 Å².